The van der Waals surface area contributed by atoms with E-state index >= 15 is 0 Å². The molecule has 17 heavy (non-hydrogen) atoms. The molecule has 2 aromatic rings. The van der Waals surface area contributed by atoms with Gasteiger partial charge in [0.05, 0.1) is 5.69 Å². The van der Waals surface area contributed by atoms with E-state index in [0.717, 1.165) is 12.1 Å². The number of halogens is 3. The summed E-state index contributed by atoms with van der Waals surface area (Å²) in [6.07, 6.45) is 0.494. The smallest absolute Gasteiger partial charge is 0.194 e. The Hall–Kier alpha value is -1.75. The van der Waals surface area contributed by atoms with Crippen LogP contribution in [0.4, 0.5) is 13.2 Å². The fourth-order valence-corrected chi connectivity index (χ4v) is 1.66. The molecule has 0 spiro atoms. The number of rotatable bonds is 2. The van der Waals surface area contributed by atoms with Crippen LogP contribution in [0.1, 0.15) is 17.4 Å². The molecule has 1 aromatic carbocycles. The monoisotopic (exact) mass is 241 g/mol. The van der Waals surface area contributed by atoms with E-state index in [1.54, 1.807) is 29.9 Å². The third kappa shape index (κ3) is 2.06. The fourth-order valence-electron chi connectivity index (χ4n) is 1.66. The van der Waals surface area contributed by atoms with Crippen molar-refractivity contribution in [2.45, 2.75) is 6.10 Å². The van der Waals surface area contributed by atoms with Gasteiger partial charge in [-0.05, 0) is 29.8 Å². The van der Waals surface area contributed by atoms with Gasteiger partial charge in [0.25, 0.3) is 0 Å². The predicted molar refractivity (Wildman–Crippen MR) is 55.8 cm³/mol. The maximum atomic E-state index is 13.0. The second-order valence-corrected chi connectivity index (χ2v) is 3.75. The summed E-state index contributed by atoms with van der Waals surface area (Å²) in [6.45, 7) is 0. The fraction of sp³-hybridized carbons (Fsp3) is 0.167. The van der Waals surface area contributed by atoms with Gasteiger partial charge in [0.2, 0.25) is 0 Å². The van der Waals surface area contributed by atoms with E-state index in [1.165, 1.54) is 0 Å². The lowest BCUT2D eigenvalue weighted by atomic mass is 10.1. The van der Waals surface area contributed by atoms with Gasteiger partial charge in [-0.2, -0.15) is 0 Å². The average Bonchev–Trinajstić information content (AvgIpc) is 2.70. The zero-order valence-electron chi connectivity index (χ0n) is 8.99. The summed E-state index contributed by atoms with van der Waals surface area (Å²) >= 11 is 0. The molecule has 0 aliphatic rings. The summed E-state index contributed by atoms with van der Waals surface area (Å²) in [5.74, 6) is -4.16. The van der Waals surface area contributed by atoms with Gasteiger partial charge >= 0.3 is 0 Å². The molecule has 0 bridgehead atoms. The molecule has 5 heteroatoms. The van der Waals surface area contributed by atoms with Crippen molar-refractivity contribution in [3.63, 3.8) is 0 Å². The first-order valence-corrected chi connectivity index (χ1v) is 4.94. The van der Waals surface area contributed by atoms with Gasteiger partial charge in [-0.15, -0.1) is 0 Å². The number of hydrogen-bond acceptors (Lipinski definition) is 1. The van der Waals surface area contributed by atoms with Crippen LogP contribution in [0.15, 0.2) is 30.5 Å². The molecule has 2 rings (SSSR count). The number of aryl methyl sites for hydroxylation is 1. The van der Waals surface area contributed by atoms with Gasteiger partial charge in [0.15, 0.2) is 17.5 Å². The van der Waals surface area contributed by atoms with Gasteiger partial charge in [0, 0.05) is 13.2 Å². The van der Waals surface area contributed by atoms with Crippen molar-refractivity contribution < 1.29 is 18.3 Å². The van der Waals surface area contributed by atoms with Gasteiger partial charge in [-0.25, -0.2) is 13.2 Å². The van der Waals surface area contributed by atoms with Crippen LogP contribution in [0.25, 0.3) is 0 Å². The third-order valence-electron chi connectivity index (χ3n) is 2.59. The first kappa shape index (κ1) is 11.7. The van der Waals surface area contributed by atoms with E-state index in [1.807, 2.05) is 0 Å². The molecule has 90 valence electrons. The summed E-state index contributed by atoms with van der Waals surface area (Å²) in [7, 11) is 1.69. The van der Waals surface area contributed by atoms with E-state index in [0.29, 0.717) is 5.69 Å². The quantitative estimate of drug-likeness (QED) is 0.803. The van der Waals surface area contributed by atoms with Gasteiger partial charge in [-0.3, -0.25) is 0 Å². The van der Waals surface area contributed by atoms with E-state index in [9.17, 15) is 18.3 Å². The number of aliphatic hydroxyl groups excluding tert-OH is 1. The van der Waals surface area contributed by atoms with Crippen LogP contribution in [0, 0.1) is 17.5 Å². The Labute approximate surface area is 95.9 Å². The molecule has 2 nitrogen and oxygen atoms in total. The Morgan fingerprint density at radius 2 is 1.76 bits per heavy atom. The highest BCUT2D eigenvalue weighted by atomic mass is 19.2. The number of nitrogens with zero attached hydrogens (tertiary/aromatic N) is 1. The van der Waals surface area contributed by atoms with Crippen molar-refractivity contribution in [1.29, 1.82) is 0 Å². The van der Waals surface area contributed by atoms with Crippen LogP contribution in [0.2, 0.25) is 0 Å². The van der Waals surface area contributed by atoms with Crippen molar-refractivity contribution in [1.82, 2.24) is 4.57 Å². The Balaban J connectivity index is 2.45. The molecule has 0 radical (unpaired) electrons. The van der Waals surface area contributed by atoms with Crippen molar-refractivity contribution in [2.75, 3.05) is 0 Å². The normalized spacial score (nSPS) is 12.8. The summed E-state index contributed by atoms with van der Waals surface area (Å²) in [4.78, 5) is 0. The minimum Gasteiger partial charge on any atom is -0.382 e. The number of aromatic nitrogens is 1. The molecule has 1 aromatic heterocycles. The molecule has 0 aliphatic heterocycles. The second-order valence-electron chi connectivity index (χ2n) is 3.75. The van der Waals surface area contributed by atoms with E-state index < -0.39 is 23.6 Å². The summed E-state index contributed by atoms with van der Waals surface area (Å²) in [5, 5.41) is 9.92. The van der Waals surface area contributed by atoms with Crippen molar-refractivity contribution in [3.8, 4) is 0 Å². The predicted octanol–water partition coefficient (Wildman–Crippen LogP) is 2.52. The van der Waals surface area contributed by atoms with Crippen molar-refractivity contribution in [2.24, 2.45) is 7.05 Å². The largest absolute Gasteiger partial charge is 0.382 e. The number of hydrogen-bond donors (Lipinski definition) is 1. The molecule has 1 atom stereocenters. The van der Waals surface area contributed by atoms with Crippen LogP contribution in [-0.2, 0) is 7.05 Å². The van der Waals surface area contributed by atoms with Crippen LogP contribution < -0.4 is 0 Å². The maximum Gasteiger partial charge on any atom is 0.194 e. The highest BCUT2D eigenvalue weighted by molar-refractivity contribution is 5.28. The van der Waals surface area contributed by atoms with Gasteiger partial charge in [0.1, 0.15) is 6.10 Å². The Morgan fingerprint density at radius 1 is 1.18 bits per heavy atom. The molecule has 0 saturated carbocycles. The van der Waals surface area contributed by atoms with E-state index in [2.05, 4.69) is 0 Å². The highest BCUT2D eigenvalue weighted by Crippen LogP contribution is 2.24. The van der Waals surface area contributed by atoms with Crippen molar-refractivity contribution in [3.05, 3.63) is 59.2 Å². The lowest BCUT2D eigenvalue weighted by Crippen LogP contribution is -2.07. The first-order valence-electron chi connectivity index (χ1n) is 4.94. The Kier molecular flexibility index (Phi) is 2.93. The summed E-state index contributed by atoms with van der Waals surface area (Å²) < 4.78 is 40.4. The van der Waals surface area contributed by atoms with Crippen LogP contribution >= 0.6 is 0 Å². The molecule has 0 aliphatic carbocycles. The lowest BCUT2D eigenvalue weighted by molar-refractivity contribution is 0.210. The molecule has 0 saturated heterocycles. The molecular formula is C12H10F3NO. The van der Waals surface area contributed by atoms with Crippen LogP contribution in [0.5, 0.6) is 0 Å². The SMILES string of the molecule is Cn1cccc1[C@H](O)c1cc(F)c(F)c(F)c1. The van der Waals surface area contributed by atoms with Crippen LogP contribution in [-0.4, -0.2) is 9.67 Å². The summed E-state index contributed by atoms with van der Waals surface area (Å²) in [6, 6.07) is 4.88. The zero-order valence-corrected chi connectivity index (χ0v) is 8.99. The van der Waals surface area contributed by atoms with E-state index in [4.69, 9.17) is 0 Å². The first-order chi connectivity index (χ1) is 8.00. The molecule has 1 N–H and O–H groups in total. The average molecular weight is 241 g/mol. The second kappa shape index (κ2) is 4.25. The van der Waals surface area contributed by atoms with Crippen LogP contribution in [0.3, 0.4) is 0 Å². The Bertz CT molecular complexity index is 527. The standard InChI is InChI=1S/C12H10F3NO/c1-16-4-2-3-10(16)12(17)7-5-8(13)11(15)9(14)6-7/h2-6,12,17H,1H3/t12-/m1/s1. The minimum absolute atomic E-state index is 0.0248. The maximum absolute atomic E-state index is 13.0. The van der Waals surface area contributed by atoms with Gasteiger partial charge in [-0.1, -0.05) is 0 Å². The molecular weight excluding hydrogens is 231 g/mol. The number of aliphatic hydroxyl groups is 1. The third-order valence-corrected chi connectivity index (χ3v) is 2.59. The number of benzene rings is 1. The molecule has 0 unspecified atom stereocenters. The summed E-state index contributed by atoms with van der Waals surface area (Å²) in [5.41, 5.74) is 0.443. The van der Waals surface area contributed by atoms with Gasteiger partial charge < -0.3 is 9.67 Å². The topological polar surface area (TPSA) is 25.2 Å². The Morgan fingerprint density at radius 3 is 2.24 bits per heavy atom. The van der Waals surface area contributed by atoms with E-state index in [-0.39, 0.29) is 5.56 Å². The highest BCUT2D eigenvalue weighted by Gasteiger charge is 2.18. The molecule has 0 amide bonds. The zero-order chi connectivity index (χ0) is 12.6. The van der Waals surface area contributed by atoms with Crippen molar-refractivity contribution >= 4 is 0 Å². The molecule has 1 heterocycles. The lowest BCUT2D eigenvalue weighted by Gasteiger charge is -2.13. The molecule has 0 fully saturated rings. The minimum atomic E-state index is -1.53.